The first kappa shape index (κ1) is 18.1. The number of rotatable bonds is 3. The molecular weight excluding hydrogens is 316 g/mol. The van der Waals surface area contributed by atoms with Crippen molar-refractivity contribution in [3.8, 4) is 0 Å². The number of carbonyl (C=O) groups excluding carboxylic acids is 1. The van der Waals surface area contributed by atoms with Gasteiger partial charge in [0.15, 0.2) is 0 Å². The van der Waals surface area contributed by atoms with E-state index < -0.39 is 0 Å². The van der Waals surface area contributed by atoms with Gasteiger partial charge in [0.25, 0.3) is 0 Å². The molecule has 1 N–H and O–H groups in total. The minimum absolute atomic E-state index is 0.0517. The lowest BCUT2D eigenvalue weighted by atomic mass is 10.0. The standard InChI is InChI=1S/C19H30N4O2/c1-15-12-23(14-19(2,3)25-15)18(24)21-17-6-10-22(11-7-17)13-16-4-8-20-9-5-16/h4-5,8-9,15,17H,6-7,10-14H2,1-3H3,(H,21,24). The summed E-state index contributed by atoms with van der Waals surface area (Å²) in [6, 6.07) is 4.45. The van der Waals surface area contributed by atoms with Gasteiger partial charge in [-0.1, -0.05) is 0 Å². The number of morpholine rings is 1. The molecule has 1 aromatic rings. The fourth-order valence-corrected chi connectivity index (χ4v) is 3.86. The highest BCUT2D eigenvalue weighted by molar-refractivity contribution is 5.74. The number of aromatic nitrogens is 1. The van der Waals surface area contributed by atoms with E-state index in [1.807, 2.05) is 38.1 Å². The largest absolute Gasteiger partial charge is 0.369 e. The van der Waals surface area contributed by atoms with Crippen LogP contribution in [0.25, 0.3) is 0 Å². The Balaban J connectivity index is 1.45. The lowest BCUT2D eigenvalue weighted by Crippen LogP contribution is -2.58. The molecule has 0 bridgehead atoms. The molecule has 0 spiro atoms. The molecule has 2 aliphatic heterocycles. The van der Waals surface area contributed by atoms with E-state index in [2.05, 4.69) is 27.3 Å². The molecule has 1 atom stereocenters. The summed E-state index contributed by atoms with van der Waals surface area (Å²) in [4.78, 5) is 21.0. The van der Waals surface area contributed by atoms with Gasteiger partial charge in [0.1, 0.15) is 0 Å². The Bertz CT molecular complexity index is 570. The number of nitrogens with zero attached hydrogens (tertiary/aromatic N) is 3. The summed E-state index contributed by atoms with van der Waals surface area (Å²) >= 11 is 0. The maximum atomic E-state index is 12.6. The number of carbonyl (C=O) groups is 1. The average molecular weight is 346 g/mol. The third-order valence-electron chi connectivity index (χ3n) is 4.93. The number of hydrogen-bond acceptors (Lipinski definition) is 4. The normalized spacial score (nSPS) is 24.9. The first-order chi connectivity index (χ1) is 11.9. The van der Waals surface area contributed by atoms with E-state index in [-0.39, 0.29) is 23.8 Å². The Morgan fingerprint density at radius 3 is 2.64 bits per heavy atom. The topological polar surface area (TPSA) is 57.7 Å². The van der Waals surface area contributed by atoms with Crippen LogP contribution in [-0.2, 0) is 11.3 Å². The van der Waals surface area contributed by atoms with Crippen molar-refractivity contribution in [1.29, 1.82) is 0 Å². The maximum Gasteiger partial charge on any atom is 0.317 e. The number of piperidine rings is 1. The predicted octanol–water partition coefficient (Wildman–Crippen LogP) is 2.25. The highest BCUT2D eigenvalue weighted by Crippen LogP contribution is 2.21. The van der Waals surface area contributed by atoms with Gasteiger partial charge in [0.05, 0.1) is 18.2 Å². The molecule has 6 nitrogen and oxygen atoms in total. The van der Waals surface area contributed by atoms with Crippen molar-refractivity contribution in [2.75, 3.05) is 26.2 Å². The van der Waals surface area contributed by atoms with Crippen molar-refractivity contribution in [2.24, 2.45) is 0 Å². The van der Waals surface area contributed by atoms with E-state index in [0.717, 1.165) is 32.5 Å². The van der Waals surface area contributed by atoms with Crippen LogP contribution in [0.3, 0.4) is 0 Å². The van der Waals surface area contributed by atoms with Crippen LogP contribution in [0.15, 0.2) is 24.5 Å². The number of amides is 2. The smallest absolute Gasteiger partial charge is 0.317 e. The van der Waals surface area contributed by atoms with E-state index in [9.17, 15) is 4.79 Å². The Morgan fingerprint density at radius 1 is 1.32 bits per heavy atom. The molecule has 2 amide bonds. The van der Waals surface area contributed by atoms with Crippen LogP contribution in [-0.4, -0.2) is 64.7 Å². The molecule has 2 aliphatic rings. The van der Waals surface area contributed by atoms with Crippen LogP contribution < -0.4 is 5.32 Å². The third-order valence-corrected chi connectivity index (χ3v) is 4.93. The van der Waals surface area contributed by atoms with Crippen molar-refractivity contribution in [1.82, 2.24) is 20.1 Å². The third kappa shape index (κ3) is 5.16. The molecule has 25 heavy (non-hydrogen) atoms. The van der Waals surface area contributed by atoms with Crippen LogP contribution in [0.5, 0.6) is 0 Å². The van der Waals surface area contributed by atoms with Gasteiger partial charge in [-0.3, -0.25) is 9.88 Å². The van der Waals surface area contributed by atoms with Gasteiger partial charge in [-0.2, -0.15) is 0 Å². The van der Waals surface area contributed by atoms with Crippen molar-refractivity contribution in [3.63, 3.8) is 0 Å². The summed E-state index contributed by atoms with van der Waals surface area (Å²) in [7, 11) is 0. The molecular formula is C19H30N4O2. The molecule has 2 fully saturated rings. The second kappa shape index (κ2) is 7.70. The molecule has 0 radical (unpaired) electrons. The Labute approximate surface area is 150 Å². The number of pyridine rings is 1. The van der Waals surface area contributed by atoms with Crippen LogP contribution in [0, 0.1) is 0 Å². The lowest BCUT2D eigenvalue weighted by Gasteiger charge is -2.42. The molecule has 3 heterocycles. The second-order valence-corrected chi connectivity index (χ2v) is 7.92. The molecule has 0 aromatic carbocycles. The van der Waals surface area contributed by atoms with Gasteiger partial charge in [0, 0.05) is 44.6 Å². The fourth-order valence-electron chi connectivity index (χ4n) is 3.86. The van der Waals surface area contributed by atoms with Gasteiger partial charge >= 0.3 is 6.03 Å². The van der Waals surface area contributed by atoms with Crippen molar-refractivity contribution in [2.45, 2.75) is 57.9 Å². The number of urea groups is 1. The molecule has 2 saturated heterocycles. The van der Waals surface area contributed by atoms with E-state index >= 15 is 0 Å². The van der Waals surface area contributed by atoms with Crippen LogP contribution in [0.2, 0.25) is 0 Å². The zero-order valence-electron chi connectivity index (χ0n) is 15.6. The van der Waals surface area contributed by atoms with E-state index in [0.29, 0.717) is 13.1 Å². The average Bonchev–Trinajstić information content (AvgIpc) is 2.56. The van der Waals surface area contributed by atoms with Gasteiger partial charge in [-0.25, -0.2) is 4.79 Å². The molecule has 6 heteroatoms. The minimum atomic E-state index is -0.275. The predicted molar refractivity (Wildman–Crippen MR) is 97.3 cm³/mol. The highest BCUT2D eigenvalue weighted by Gasteiger charge is 2.34. The zero-order valence-corrected chi connectivity index (χ0v) is 15.6. The van der Waals surface area contributed by atoms with Crippen LogP contribution in [0.4, 0.5) is 4.79 Å². The number of ether oxygens (including phenoxy) is 1. The van der Waals surface area contributed by atoms with E-state index in [1.165, 1.54) is 5.56 Å². The van der Waals surface area contributed by atoms with Crippen molar-refractivity contribution in [3.05, 3.63) is 30.1 Å². The van der Waals surface area contributed by atoms with Crippen molar-refractivity contribution < 1.29 is 9.53 Å². The van der Waals surface area contributed by atoms with Gasteiger partial charge in [-0.15, -0.1) is 0 Å². The summed E-state index contributed by atoms with van der Waals surface area (Å²) in [6.45, 7) is 10.4. The number of nitrogens with one attached hydrogen (secondary N) is 1. The summed E-state index contributed by atoms with van der Waals surface area (Å²) in [5.74, 6) is 0. The SMILES string of the molecule is CC1CN(C(=O)NC2CCN(Cc3ccncc3)CC2)CC(C)(C)O1. The first-order valence-electron chi connectivity index (χ1n) is 9.26. The Hall–Kier alpha value is -1.66. The lowest BCUT2D eigenvalue weighted by molar-refractivity contribution is -0.117. The molecule has 138 valence electrons. The fraction of sp³-hybridized carbons (Fsp3) is 0.684. The van der Waals surface area contributed by atoms with E-state index in [1.54, 1.807) is 0 Å². The zero-order chi connectivity index (χ0) is 17.9. The molecule has 1 aromatic heterocycles. The molecule has 0 saturated carbocycles. The van der Waals surface area contributed by atoms with E-state index in [4.69, 9.17) is 4.74 Å². The summed E-state index contributed by atoms with van der Waals surface area (Å²) in [5, 5.41) is 3.23. The first-order valence-corrected chi connectivity index (χ1v) is 9.26. The Kier molecular flexibility index (Phi) is 5.59. The molecule has 3 rings (SSSR count). The van der Waals surface area contributed by atoms with Crippen LogP contribution >= 0.6 is 0 Å². The summed E-state index contributed by atoms with van der Waals surface area (Å²) in [6.07, 6.45) is 5.76. The maximum absolute atomic E-state index is 12.6. The van der Waals surface area contributed by atoms with Crippen LogP contribution in [0.1, 0.15) is 39.2 Å². The highest BCUT2D eigenvalue weighted by atomic mass is 16.5. The van der Waals surface area contributed by atoms with Crippen molar-refractivity contribution >= 4 is 6.03 Å². The quantitative estimate of drug-likeness (QED) is 0.912. The number of hydrogen-bond donors (Lipinski definition) is 1. The van der Waals surface area contributed by atoms with Gasteiger partial charge in [0.2, 0.25) is 0 Å². The number of likely N-dealkylation sites (tertiary alicyclic amines) is 1. The Morgan fingerprint density at radius 2 is 2.00 bits per heavy atom. The minimum Gasteiger partial charge on any atom is -0.369 e. The second-order valence-electron chi connectivity index (χ2n) is 7.92. The summed E-state index contributed by atoms with van der Waals surface area (Å²) < 4.78 is 5.88. The summed E-state index contributed by atoms with van der Waals surface area (Å²) in [5.41, 5.74) is 1.02. The molecule has 0 aliphatic carbocycles. The monoisotopic (exact) mass is 346 g/mol. The van der Waals surface area contributed by atoms with Gasteiger partial charge in [-0.05, 0) is 51.3 Å². The molecule has 1 unspecified atom stereocenters. The van der Waals surface area contributed by atoms with Gasteiger partial charge < -0.3 is 15.0 Å².